The number of aromatic nitrogens is 2. The van der Waals surface area contributed by atoms with Gasteiger partial charge in [0.1, 0.15) is 5.83 Å². The Bertz CT molecular complexity index is 1210. The number of nitrogens with two attached hydrogens (primary N) is 1. The zero-order chi connectivity index (χ0) is 24.0. The van der Waals surface area contributed by atoms with Crippen LogP contribution < -0.4 is 11.0 Å². The standard InChI is InChI=1S/C23H27FN3O5P/c1-4-31-33(29,32-5-2)19-8-6-7-16(11-19)20-12-17(23(28)30-3)13-21-22(20)26-15-27(21)14-18(24)9-10-25/h6-9,11-13,15H,4-5,10,14,25H2,1-3H3/b18-9-. The van der Waals surface area contributed by atoms with Gasteiger partial charge in [0, 0.05) is 12.1 Å². The molecular formula is C23H27FN3O5P. The summed E-state index contributed by atoms with van der Waals surface area (Å²) >= 11 is 0. The van der Waals surface area contributed by atoms with Crippen LogP contribution in [0.1, 0.15) is 24.2 Å². The number of ether oxygens (including phenoxy) is 1. The third-order valence-corrected chi connectivity index (χ3v) is 6.99. The van der Waals surface area contributed by atoms with Crippen LogP contribution >= 0.6 is 7.60 Å². The second kappa shape index (κ2) is 10.9. The minimum absolute atomic E-state index is 0.0730. The molecule has 0 saturated carbocycles. The van der Waals surface area contributed by atoms with Crippen LogP contribution in [-0.4, -0.2) is 42.4 Å². The van der Waals surface area contributed by atoms with Crippen molar-refractivity contribution < 1.29 is 27.5 Å². The van der Waals surface area contributed by atoms with Crippen molar-refractivity contribution in [2.75, 3.05) is 26.9 Å². The van der Waals surface area contributed by atoms with E-state index in [0.29, 0.717) is 27.5 Å². The van der Waals surface area contributed by atoms with E-state index in [9.17, 15) is 13.8 Å². The van der Waals surface area contributed by atoms with E-state index in [1.54, 1.807) is 54.8 Å². The summed E-state index contributed by atoms with van der Waals surface area (Å²) in [5.74, 6) is -0.965. The molecule has 0 aliphatic carbocycles. The van der Waals surface area contributed by atoms with Crippen molar-refractivity contribution in [3.8, 4) is 11.1 Å². The number of halogens is 1. The zero-order valence-electron chi connectivity index (χ0n) is 18.8. The van der Waals surface area contributed by atoms with E-state index in [-0.39, 0.29) is 31.9 Å². The summed E-state index contributed by atoms with van der Waals surface area (Å²) in [5.41, 5.74) is 7.99. The lowest BCUT2D eigenvalue weighted by molar-refractivity contribution is 0.0601. The van der Waals surface area contributed by atoms with Gasteiger partial charge in [0.25, 0.3) is 0 Å². The Morgan fingerprint density at radius 3 is 2.58 bits per heavy atom. The quantitative estimate of drug-likeness (QED) is 0.346. The van der Waals surface area contributed by atoms with Crippen molar-refractivity contribution in [2.45, 2.75) is 20.4 Å². The molecule has 33 heavy (non-hydrogen) atoms. The van der Waals surface area contributed by atoms with E-state index in [4.69, 9.17) is 19.5 Å². The highest BCUT2D eigenvalue weighted by Crippen LogP contribution is 2.47. The topological polar surface area (TPSA) is 106 Å². The van der Waals surface area contributed by atoms with E-state index in [0.717, 1.165) is 0 Å². The van der Waals surface area contributed by atoms with Crippen molar-refractivity contribution in [1.29, 1.82) is 0 Å². The van der Waals surface area contributed by atoms with Gasteiger partial charge in [0.15, 0.2) is 0 Å². The normalized spacial score (nSPS) is 12.3. The third kappa shape index (κ3) is 5.39. The highest BCUT2D eigenvalue weighted by atomic mass is 31.2. The molecule has 2 N–H and O–H groups in total. The average Bonchev–Trinajstić information content (AvgIpc) is 3.21. The molecule has 1 aromatic heterocycles. The molecule has 3 aromatic rings. The molecule has 3 rings (SSSR count). The lowest BCUT2D eigenvalue weighted by Crippen LogP contribution is -2.11. The van der Waals surface area contributed by atoms with Crippen LogP contribution in [0.15, 0.2) is 54.6 Å². The second-order valence-corrected chi connectivity index (χ2v) is 9.05. The maximum Gasteiger partial charge on any atom is 0.361 e. The first-order valence-corrected chi connectivity index (χ1v) is 12.0. The molecule has 0 amide bonds. The summed E-state index contributed by atoms with van der Waals surface area (Å²) < 4.78 is 44.8. The Morgan fingerprint density at radius 2 is 1.94 bits per heavy atom. The molecule has 10 heteroatoms. The molecule has 0 aliphatic rings. The molecule has 0 fully saturated rings. The van der Waals surface area contributed by atoms with Crippen molar-refractivity contribution >= 4 is 29.9 Å². The fourth-order valence-corrected chi connectivity index (χ4v) is 5.09. The summed E-state index contributed by atoms with van der Waals surface area (Å²) in [4.78, 5) is 16.8. The van der Waals surface area contributed by atoms with E-state index >= 15 is 0 Å². The number of methoxy groups -OCH3 is 1. The molecular weight excluding hydrogens is 448 g/mol. The molecule has 0 atom stereocenters. The van der Waals surface area contributed by atoms with Crippen molar-refractivity contribution in [3.63, 3.8) is 0 Å². The van der Waals surface area contributed by atoms with E-state index < -0.39 is 19.4 Å². The molecule has 1 heterocycles. The number of benzene rings is 2. The van der Waals surface area contributed by atoms with Crippen LogP contribution in [0.5, 0.6) is 0 Å². The number of imidazole rings is 1. The van der Waals surface area contributed by atoms with Crippen LogP contribution in [-0.2, 0) is 24.9 Å². The Hall–Kier alpha value is -2.84. The van der Waals surface area contributed by atoms with Gasteiger partial charge in [0.05, 0.1) is 55.1 Å². The summed E-state index contributed by atoms with van der Waals surface area (Å²) in [6.45, 7) is 3.91. The lowest BCUT2D eigenvalue weighted by Gasteiger charge is -2.18. The zero-order valence-corrected chi connectivity index (χ0v) is 19.7. The van der Waals surface area contributed by atoms with E-state index in [1.807, 2.05) is 0 Å². The number of carbonyl (C=O) groups excluding carboxylic acids is 1. The molecule has 0 bridgehead atoms. The number of hydrogen-bond donors (Lipinski definition) is 1. The van der Waals surface area contributed by atoms with Crippen molar-refractivity contribution in [2.24, 2.45) is 5.73 Å². The van der Waals surface area contributed by atoms with Crippen LogP contribution in [0.4, 0.5) is 4.39 Å². The SMILES string of the molecule is CCOP(=O)(OCC)c1cccc(-c2cc(C(=O)OC)cc3c2ncn3C/C(F)=C/CN)c1. The van der Waals surface area contributed by atoms with Gasteiger partial charge in [-0.2, -0.15) is 0 Å². The molecule has 0 aliphatic heterocycles. The van der Waals surface area contributed by atoms with Gasteiger partial charge in [0.2, 0.25) is 0 Å². The van der Waals surface area contributed by atoms with Crippen LogP contribution in [0, 0.1) is 0 Å². The van der Waals surface area contributed by atoms with Crippen molar-refractivity contribution in [3.05, 3.63) is 60.2 Å². The molecule has 0 saturated heterocycles. The second-order valence-electron chi connectivity index (χ2n) is 7.03. The van der Waals surface area contributed by atoms with Gasteiger partial charge in [-0.05, 0) is 49.8 Å². The van der Waals surface area contributed by atoms with E-state index in [2.05, 4.69) is 4.98 Å². The van der Waals surface area contributed by atoms with Gasteiger partial charge in [-0.1, -0.05) is 12.1 Å². The van der Waals surface area contributed by atoms with Crippen molar-refractivity contribution in [1.82, 2.24) is 9.55 Å². The monoisotopic (exact) mass is 475 g/mol. The Balaban J connectivity index is 2.20. The van der Waals surface area contributed by atoms with Crippen LogP contribution in [0.25, 0.3) is 22.2 Å². The number of carbonyl (C=O) groups is 1. The first-order valence-electron chi connectivity index (χ1n) is 10.5. The fraction of sp³-hybridized carbons (Fsp3) is 0.304. The molecule has 2 aromatic carbocycles. The van der Waals surface area contributed by atoms with Crippen LogP contribution in [0.3, 0.4) is 0 Å². The number of esters is 1. The number of rotatable bonds is 10. The molecule has 176 valence electrons. The van der Waals surface area contributed by atoms with Gasteiger partial charge >= 0.3 is 13.6 Å². The van der Waals surface area contributed by atoms with Gasteiger partial charge in [-0.3, -0.25) is 4.57 Å². The number of hydrogen-bond acceptors (Lipinski definition) is 7. The lowest BCUT2D eigenvalue weighted by atomic mass is 10.0. The maximum absolute atomic E-state index is 14.2. The largest absolute Gasteiger partial charge is 0.465 e. The van der Waals surface area contributed by atoms with Gasteiger partial charge in [-0.25, -0.2) is 14.2 Å². The summed E-state index contributed by atoms with van der Waals surface area (Å²) in [5, 5.41) is 0.386. The Kier molecular flexibility index (Phi) is 8.15. The molecule has 0 unspecified atom stereocenters. The van der Waals surface area contributed by atoms with Gasteiger partial charge in [-0.15, -0.1) is 0 Å². The first-order chi connectivity index (χ1) is 15.9. The summed E-state index contributed by atoms with van der Waals surface area (Å²) in [6, 6.07) is 10.1. The third-order valence-electron chi connectivity index (χ3n) is 4.88. The predicted molar refractivity (Wildman–Crippen MR) is 125 cm³/mol. The number of fused-ring (bicyclic) bond motifs is 1. The minimum Gasteiger partial charge on any atom is -0.465 e. The molecule has 0 radical (unpaired) electrons. The Labute approximate surface area is 191 Å². The number of allylic oxidation sites excluding steroid dienone is 1. The van der Waals surface area contributed by atoms with Crippen LogP contribution in [0.2, 0.25) is 0 Å². The Morgan fingerprint density at radius 1 is 1.21 bits per heavy atom. The first kappa shape index (κ1) is 24.8. The molecule has 0 spiro atoms. The highest BCUT2D eigenvalue weighted by Gasteiger charge is 2.27. The van der Waals surface area contributed by atoms with E-state index in [1.165, 1.54) is 19.5 Å². The van der Waals surface area contributed by atoms with Gasteiger partial charge < -0.3 is 24.1 Å². The maximum atomic E-state index is 14.2. The average molecular weight is 475 g/mol. The minimum atomic E-state index is -3.52. The number of nitrogens with zero attached hydrogens (tertiary/aromatic N) is 2. The predicted octanol–water partition coefficient (Wildman–Crippen LogP) is 4.19. The smallest absolute Gasteiger partial charge is 0.361 e. The fourth-order valence-electron chi connectivity index (χ4n) is 3.47. The highest BCUT2D eigenvalue weighted by molar-refractivity contribution is 7.62. The summed E-state index contributed by atoms with van der Waals surface area (Å²) in [6.07, 6.45) is 2.77. The summed E-state index contributed by atoms with van der Waals surface area (Å²) in [7, 11) is -2.24. The molecule has 8 nitrogen and oxygen atoms in total.